The molecule has 0 bridgehead atoms. The van der Waals surface area contributed by atoms with Gasteiger partial charge in [0.2, 0.25) is 5.91 Å². The number of nitrogens with zero attached hydrogens (tertiary/aromatic N) is 2. The van der Waals surface area contributed by atoms with E-state index < -0.39 is 0 Å². The van der Waals surface area contributed by atoms with Gasteiger partial charge in [0.05, 0.1) is 11.0 Å². The third-order valence-electron chi connectivity index (χ3n) is 4.17. The Kier molecular flexibility index (Phi) is 4.73. The molecule has 0 atom stereocenters. The van der Waals surface area contributed by atoms with Gasteiger partial charge in [-0.05, 0) is 48.5 Å². The van der Waals surface area contributed by atoms with E-state index in [2.05, 4.69) is 21.2 Å². The van der Waals surface area contributed by atoms with Crippen molar-refractivity contribution < 1.29 is 9.18 Å². The molecule has 1 heterocycles. The van der Waals surface area contributed by atoms with Gasteiger partial charge in [0, 0.05) is 15.7 Å². The molecule has 0 radical (unpaired) electrons. The summed E-state index contributed by atoms with van der Waals surface area (Å²) < 4.78 is 15.9. The monoisotopic (exact) mass is 423 g/mol. The standard InChI is InChI=1S/C21H15BrFN3O/c22-15-5-3-4-14(12-15)21-25-18-6-1-2-7-19(18)26(21)13-20(27)24-17-10-8-16(23)9-11-17/h1-12H,13H2,(H,24,27). The molecule has 0 spiro atoms. The summed E-state index contributed by atoms with van der Waals surface area (Å²) >= 11 is 3.48. The van der Waals surface area contributed by atoms with Crippen LogP contribution in [0.4, 0.5) is 10.1 Å². The maximum atomic E-state index is 13.0. The van der Waals surface area contributed by atoms with E-state index in [0.717, 1.165) is 21.1 Å². The lowest BCUT2D eigenvalue weighted by Crippen LogP contribution is -2.19. The Morgan fingerprint density at radius 1 is 1.04 bits per heavy atom. The zero-order chi connectivity index (χ0) is 18.8. The van der Waals surface area contributed by atoms with Crippen LogP contribution in [0.2, 0.25) is 0 Å². The molecule has 4 rings (SSSR count). The number of anilines is 1. The summed E-state index contributed by atoms with van der Waals surface area (Å²) in [5, 5.41) is 2.80. The summed E-state index contributed by atoms with van der Waals surface area (Å²) in [5.41, 5.74) is 3.16. The van der Waals surface area contributed by atoms with Crippen LogP contribution < -0.4 is 5.32 Å². The predicted molar refractivity (Wildman–Crippen MR) is 108 cm³/mol. The van der Waals surface area contributed by atoms with Crippen LogP contribution in [0.5, 0.6) is 0 Å². The predicted octanol–water partition coefficient (Wildman–Crippen LogP) is 5.24. The number of amides is 1. The number of rotatable bonds is 4. The Balaban J connectivity index is 1.70. The SMILES string of the molecule is O=C(Cn1c(-c2cccc(Br)c2)nc2ccccc21)Nc1ccc(F)cc1. The molecule has 0 saturated heterocycles. The van der Waals surface area contributed by atoms with Gasteiger partial charge in [0.25, 0.3) is 0 Å². The summed E-state index contributed by atoms with van der Waals surface area (Å²) in [7, 11) is 0. The highest BCUT2D eigenvalue weighted by Gasteiger charge is 2.15. The number of benzene rings is 3. The maximum Gasteiger partial charge on any atom is 0.244 e. The van der Waals surface area contributed by atoms with Crippen molar-refractivity contribution in [2.45, 2.75) is 6.54 Å². The zero-order valence-electron chi connectivity index (χ0n) is 14.2. The fourth-order valence-corrected chi connectivity index (χ4v) is 3.36. The van der Waals surface area contributed by atoms with Gasteiger partial charge in [-0.25, -0.2) is 9.37 Å². The van der Waals surface area contributed by atoms with E-state index in [1.54, 1.807) is 0 Å². The lowest BCUT2D eigenvalue weighted by molar-refractivity contribution is -0.116. The van der Waals surface area contributed by atoms with Gasteiger partial charge < -0.3 is 9.88 Å². The molecule has 1 aromatic heterocycles. The highest BCUT2D eigenvalue weighted by molar-refractivity contribution is 9.10. The van der Waals surface area contributed by atoms with Gasteiger partial charge in [0.15, 0.2) is 0 Å². The molecule has 0 fully saturated rings. The minimum absolute atomic E-state index is 0.0970. The fraction of sp³-hybridized carbons (Fsp3) is 0.0476. The maximum absolute atomic E-state index is 13.0. The summed E-state index contributed by atoms with van der Waals surface area (Å²) in [6.45, 7) is 0.0970. The molecule has 1 amide bonds. The minimum Gasteiger partial charge on any atom is -0.325 e. The Labute approximate surface area is 163 Å². The van der Waals surface area contributed by atoms with Gasteiger partial charge >= 0.3 is 0 Å². The minimum atomic E-state index is -0.342. The molecule has 0 unspecified atom stereocenters. The van der Waals surface area contributed by atoms with Gasteiger partial charge in [-0.1, -0.05) is 40.2 Å². The first-order valence-electron chi connectivity index (χ1n) is 8.37. The molecule has 0 aliphatic rings. The third kappa shape index (κ3) is 3.75. The molecule has 27 heavy (non-hydrogen) atoms. The van der Waals surface area contributed by atoms with Crippen molar-refractivity contribution in [1.82, 2.24) is 9.55 Å². The van der Waals surface area contributed by atoms with Crippen molar-refractivity contribution >= 4 is 38.6 Å². The van der Waals surface area contributed by atoms with E-state index in [0.29, 0.717) is 11.5 Å². The number of imidazole rings is 1. The lowest BCUT2D eigenvalue weighted by atomic mass is 10.2. The van der Waals surface area contributed by atoms with E-state index in [1.807, 2.05) is 53.1 Å². The topological polar surface area (TPSA) is 46.9 Å². The second kappa shape index (κ2) is 7.32. The van der Waals surface area contributed by atoms with Crippen LogP contribution >= 0.6 is 15.9 Å². The zero-order valence-corrected chi connectivity index (χ0v) is 15.8. The third-order valence-corrected chi connectivity index (χ3v) is 4.66. The second-order valence-electron chi connectivity index (χ2n) is 6.08. The molecular formula is C21H15BrFN3O. The average molecular weight is 424 g/mol. The normalized spacial score (nSPS) is 10.9. The van der Waals surface area contributed by atoms with Crippen LogP contribution in [0.15, 0.2) is 77.3 Å². The van der Waals surface area contributed by atoms with Crippen molar-refractivity contribution in [2.75, 3.05) is 5.32 Å². The first-order chi connectivity index (χ1) is 13.1. The van der Waals surface area contributed by atoms with E-state index in [4.69, 9.17) is 4.98 Å². The second-order valence-corrected chi connectivity index (χ2v) is 6.99. The van der Waals surface area contributed by atoms with Gasteiger partial charge in [-0.15, -0.1) is 0 Å². The summed E-state index contributed by atoms with van der Waals surface area (Å²) in [6, 6.07) is 21.2. The number of halogens is 2. The lowest BCUT2D eigenvalue weighted by Gasteiger charge is -2.10. The number of para-hydroxylation sites is 2. The highest BCUT2D eigenvalue weighted by atomic mass is 79.9. The Morgan fingerprint density at radius 2 is 1.81 bits per heavy atom. The van der Waals surface area contributed by atoms with E-state index in [9.17, 15) is 9.18 Å². The van der Waals surface area contributed by atoms with Crippen LogP contribution in [-0.2, 0) is 11.3 Å². The Hall–Kier alpha value is -2.99. The number of nitrogens with one attached hydrogen (secondary N) is 1. The van der Waals surface area contributed by atoms with Crippen molar-refractivity contribution in [2.24, 2.45) is 0 Å². The van der Waals surface area contributed by atoms with Crippen molar-refractivity contribution in [1.29, 1.82) is 0 Å². The van der Waals surface area contributed by atoms with E-state index >= 15 is 0 Å². The van der Waals surface area contributed by atoms with Gasteiger partial charge in [-0.3, -0.25) is 4.79 Å². The highest BCUT2D eigenvalue weighted by Crippen LogP contribution is 2.27. The number of hydrogen-bond acceptors (Lipinski definition) is 2. The molecular weight excluding hydrogens is 409 g/mol. The van der Waals surface area contributed by atoms with E-state index in [1.165, 1.54) is 24.3 Å². The first-order valence-corrected chi connectivity index (χ1v) is 9.16. The van der Waals surface area contributed by atoms with Crippen molar-refractivity contribution in [3.05, 3.63) is 83.1 Å². The van der Waals surface area contributed by atoms with Crippen molar-refractivity contribution in [3.8, 4) is 11.4 Å². The molecule has 134 valence electrons. The van der Waals surface area contributed by atoms with Crippen LogP contribution in [0.25, 0.3) is 22.4 Å². The molecule has 1 N–H and O–H groups in total. The largest absolute Gasteiger partial charge is 0.325 e. The van der Waals surface area contributed by atoms with Gasteiger partial charge in [-0.2, -0.15) is 0 Å². The fourth-order valence-electron chi connectivity index (χ4n) is 2.96. The Morgan fingerprint density at radius 3 is 2.59 bits per heavy atom. The van der Waals surface area contributed by atoms with Gasteiger partial charge in [0.1, 0.15) is 18.2 Å². The number of carbonyl (C=O) groups excluding carboxylic acids is 1. The smallest absolute Gasteiger partial charge is 0.244 e. The molecule has 4 aromatic rings. The van der Waals surface area contributed by atoms with Crippen molar-refractivity contribution in [3.63, 3.8) is 0 Å². The number of hydrogen-bond donors (Lipinski definition) is 1. The van der Waals surface area contributed by atoms with E-state index in [-0.39, 0.29) is 18.3 Å². The number of fused-ring (bicyclic) bond motifs is 1. The molecule has 0 saturated carbocycles. The van der Waals surface area contributed by atoms with Crippen LogP contribution in [-0.4, -0.2) is 15.5 Å². The quantitative estimate of drug-likeness (QED) is 0.487. The summed E-state index contributed by atoms with van der Waals surface area (Å²) in [5.74, 6) is 0.165. The molecule has 3 aromatic carbocycles. The Bertz CT molecular complexity index is 1120. The summed E-state index contributed by atoms with van der Waals surface area (Å²) in [4.78, 5) is 17.3. The number of carbonyl (C=O) groups is 1. The molecule has 0 aliphatic heterocycles. The molecule has 6 heteroatoms. The molecule has 4 nitrogen and oxygen atoms in total. The van der Waals surface area contributed by atoms with Crippen LogP contribution in [0.3, 0.4) is 0 Å². The van der Waals surface area contributed by atoms with Crippen LogP contribution in [0.1, 0.15) is 0 Å². The summed E-state index contributed by atoms with van der Waals surface area (Å²) in [6.07, 6.45) is 0. The van der Waals surface area contributed by atoms with Crippen LogP contribution in [0, 0.1) is 5.82 Å². The first kappa shape index (κ1) is 17.4. The average Bonchev–Trinajstić information content (AvgIpc) is 3.02. The number of aromatic nitrogens is 2. The molecule has 0 aliphatic carbocycles.